The molecule has 4 aromatic rings. The van der Waals surface area contributed by atoms with E-state index in [1.807, 2.05) is 60.7 Å². The number of nitrogens with zero attached hydrogens (tertiary/aromatic N) is 1. The van der Waals surface area contributed by atoms with Gasteiger partial charge >= 0.3 is 6.18 Å². The molecule has 0 atom stereocenters. The molecule has 43 heavy (non-hydrogen) atoms. The van der Waals surface area contributed by atoms with Gasteiger partial charge in [0.05, 0.1) is 17.2 Å². The van der Waals surface area contributed by atoms with Crippen LogP contribution in [0, 0.1) is 0 Å². The summed E-state index contributed by atoms with van der Waals surface area (Å²) in [6, 6.07) is 32.7. The van der Waals surface area contributed by atoms with E-state index in [0.29, 0.717) is 37.7 Å². The lowest BCUT2D eigenvalue weighted by Gasteiger charge is -2.29. The molecule has 0 radical (unpaired) electrons. The van der Waals surface area contributed by atoms with Crippen LogP contribution in [0.5, 0.6) is 5.75 Å². The largest absolute Gasteiger partial charge is 0.493 e. The number of nitrogens with one attached hydrogen (secondary N) is 1. The Kier molecular flexibility index (Phi) is 14.7. The van der Waals surface area contributed by atoms with Crippen LogP contribution in [0.3, 0.4) is 0 Å². The number of ether oxygens (including phenoxy) is 1. The van der Waals surface area contributed by atoms with Gasteiger partial charge in [0, 0.05) is 43.3 Å². The van der Waals surface area contributed by atoms with Crippen molar-refractivity contribution in [1.82, 2.24) is 4.90 Å². The van der Waals surface area contributed by atoms with E-state index < -0.39 is 11.7 Å². The fraction of sp³-hybridized carbons (Fsp3) is 0.294. The summed E-state index contributed by atoms with van der Waals surface area (Å²) in [6.45, 7) is 6.14. The third-order valence-corrected chi connectivity index (χ3v) is 7.25. The number of halogens is 6. The van der Waals surface area contributed by atoms with Gasteiger partial charge in [-0.05, 0) is 55.2 Å². The van der Waals surface area contributed by atoms with Crippen molar-refractivity contribution >= 4 is 42.1 Å². The van der Waals surface area contributed by atoms with E-state index in [1.54, 1.807) is 6.07 Å². The van der Waals surface area contributed by atoms with Crippen molar-refractivity contribution in [3.05, 3.63) is 130 Å². The molecule has 0 saturated heterocycles. The van der Waals surface area contributed by atoms with Gasteiger partial charge in [-0.15, -0.1) is 24.8 Å². The van der Waals surface area contributed by atoms with Crippen molar-refractivity contribution in [2.24, 2.45) is 0 Å². The third kappa shape index (κ3) is 11.0. The molecule has 3 nitrogen and oxygen atoms in total. The molecule has 0 heterocycles. The number of alkyl halides is 3. The lowest BCUT2D eigenvalue weighted by Crippen LogP contribution is -2.31. The molecule has 0 aromatic heterocycles. The van der Waals surface area contributed by atoms with Crippen molar-refractivity contribution < 1.29 is 17.9 Å². The van der Waals surface area contributed by atoms with Crippen molar-refractivity contribution in [1.29, 1.82) is 0 Å². The fourth-order valence-electron chi connectivity index (χ4n) is 4.92. The quantitative estimate of drug-likeness (QED) is 0.145. The van der Waals surface area contributed by atoms with Gasteiger partial charge in [0.1, 0.15) is 5.75 Å². The molecule has 0 bridgehead atoms. The Hall–Kier alpha value is -2.90. The van der Waals surface area contributed by atoms with Crippen LogP contribution in [0.4, 0.5) is 18.9 Å². The standard InChI is InChI=1S/C34H36ClF3N2O.2ClH/c1-25(2)39-29-17-10-18-30(22-29)41-21-11-20-40(23-28-16-9-19-32(33(28)35)34(36,37)38)24-31(26-12-5-3-6-13-26)27-14-7-4-8-15-27;;/h3-10,12-19,22,25,31,39H,11,20-21,23-24H2,1-2H3;2*1H. The first-order valence-corrected chi connectivity index (χ1v) is 14.2. The Morgan fingerprint density at radius 2 is 1.42 bits per heavy atom. The molecule has 0 amide bonds. The maximum Gasteiger partial charge on any atom is 0.417 e. The Morgan fingerprint density at radius 3 is 2.00 bits per heavy atom. The topological polar surface area (TPSA) is 24.5 Å². The van der Waals surface area contributed by atoms with Gasteiger partial charge in [-0.2, -0.15) is 13.2 Å². The summed E-state index contributed by atoms with van der Waals surface area (Å²) in [5.41, 5.74) is 2.92. The van der Waals surface area contributed by atoms with Crippen molar-refractivity contribution in [2.45, 2.75) is 44.9 Å². The number of hydrogen-bond acceptors (Lipinski definition) is 3. The molecule has 0 aliphatic carbocycles. The number of benzene rings is 4. The molecule has 9 heteroatoms. The van der Waals surface area contributed by atoms with E-state index in [9.17, 15) is 13.2 Å². The number of hydrogen-bond donors (Lipinski definition) is 1. The molecule has 4 aromatic carbocycles. The number of anilines is 1. The minimum Gasteiger partial charge on any atom is -0.493 e. The average molecular weight is 654 g/mol. The van der Waals surface area contributed by atoms with Gasteiger partial charge in [0.25, 0.3) is 0 Å². The molecular weight excluding hydrogens is 616 g/mol. The highest BCUT2D eigenvalue weighted by molar-refractivity contribution is 6.32. The third-order valence-electron chi connectivity index (χ3n) is 6.80. The van der Waals surface area contributed by atoms with E-state index in [0.717, 1.165) is 28.6 Å². The molecule has 1 N–H and O–H groups in total. The highest BCUT2D eigenvalue weighted by atomic mass is 35.5. The van der Waals surface area contributed by atoms with Crippen LogP contribution in [0.2, 0.25) is 5.02 Å². The van der Waals surface area contributed by atoms with Crippen LogP contribution < -0.4 is 10.1 Å². The van der Waals surface area contributed by atoms with Crippen LogP contribution in [0.1, 0.15) is 48.4 Å². The summed E-state index contributed by atoms with van der Waals surface area (Å²) in [5, 5.41) is 3.13. The van der Waals surface area contributed by atoms with Gasteiger partial charge in [-0.25, -0.2) is 0 Å². The minimum absolute atomic E-state index is 0. The molecule has 232 valence electrons. The van der Waals surface area contributed by atoms with Gasteiger partial charge in [-0.1, -0.05) is 90.5 Å². The fourth-order valence-corrected chi connectivity index (χ4v) is 5.21. The monoisotopic (exact) mass is 652 g/mol. The SMILES string of the molecule is CC(C)Nc1cccc(OCCCN(Cc2cccc(C(F)(F)F)c2Cl)CC(c2ccccc2)c2ccccc2)c1.Cl.Cl. The summed E-state index contributed by atoms with van der Waals surface area (Å²) < 4.78 is 46.9. The maximum atomic E-state index is 13.6. The zero-order valence-corrected chi connectivity index (χ0v) is 26.6. The van der Waals surface area contributed by atoms with Crippen LogP contribution in [0.25, 0.3) is 0 Å². The second-order valence-electron chi connectivity index (χ2n) is 10.4. The summed E-state index contributed by atoms with van der Waals surface area (Å²) >= 11 is 6.32. The lowest BCUT2D eigenvalue weighted by molar-refractivity contribution is -0.137. The summed E-state index contributed by atoms with van der Waals surface area (Å²) in [7, 11) is 0. The highest BCUT2D eigenvalue weighted by Gasteiger charge is 2.34. The second kappa shape index (κ2) is 17.4. The van der Waals surface area contributed by atoms with Crippen LogP contribution in [0.15, 0.2) is 103 Å². The van der Waals surface area contributed by atoms with Crippen molar-refractivity contribution in [3.63, 3.8) is 0 Å². The minimum atomic E-state index is -4.51. The maximum absolute atomic E-state index is 13.6. The Labute approximate surface area is 270 Å². The van der Waals surface area contributed by atoms with Crippen LogP contribution in [-0.2, 0) is 12.7 Å². The lowest BCUT2D eigenvalue weighted by atomic mass is 9.90. The summed E-state index contributed by atoms with van der Waals surface area (Å²) in [5.74, 6) is 0.802. The summed E-state index contributed by atoms with van der Waals surface area (Å²) in [6.07, 6.45) is -3.82. The van der Waals surface area contributed by atoms with E-state index in [2.05, 4.69) is 48.3 Å². The second-order valence-corrected chi connectivity index (χ2v) is 10.8. The van der Waals surface area contributed by atoms with Crippen molar-refractivity contribution in [2.75, 3.05) is 25.0 Å². The van der Waals surface area contributed by atoms with Gasteiger partial charge in [0.15, 0.2) is 0 Å². The highest BCUT2D eigenvalue weighted by Crippen LogP contribution is 2.37. The molecule has 4 rings (SSSR count). The molecular formula is C34H38Cl3F3N2O. The normalized spacial score (nSPS) is 11.3. The predicted molar refractivity (Wildman–Crippen MR) is 176 cm³/mol. The average Bonchev–Trinajstić information content (AvgIpc) is 2.95. The Bertz CT molecular complexity index is 1330. The van der Waals surface area contributed by atoms with Gasteiger partial charge < -0.3 is 10.1 Å². The molecule has 0 saturated carbocycles. The summed E-state index contributed by atoms with van der Waals surface area (Å²) in [4.78, 5) is 2.17. The van der Waals surface area contributed by atoms with E-state index >= 15 is 0 Å². The molecule has 0 aliphatic heterocycles. The van der Waals surface area contributed by atoms with Crippen molar-refractivity contribution in [3.8, 4) is 5.75 Å². The molecule has 0 fully saturated rings. The molecule has 0 spiro atoms. The smallest absolute Gasteiger partial charge is 0.417 e. The first-order chi connectivity index (χ1) is 19.7. The number of rotatable bonds is 13. The Morgan fingerprint density at radius 1 is 0.814 bits per heavy atom. The van der Waals surface area contributed by atoms with Gasteiger partial charge in [0.2, 0.25) is 0 Å². The van der Waals surface area contributed by atoms with Crippen LogP contribution >= 0.6 is 36.4 Å². The van der Waals surface area contributed by atoms with Gasteiger partial charge in [-0.3, -0.25) is 4.90 Å². The zero-order valence-electron chi connectivity index (χ0n) is 24.2. The predicted octanol–water partition coefficient (Wildman–Crippen LogP) is 10.1. The van der Waals surface area contributed by atoms with E-state index in [-0.39, 0.29) is 42.3 Å². The molecule has 0 aliphatic rings. The molecule has 0 unspecified atom stereocenters. The first kappa shape index (κ1) is 36.3. The Balaban J connectivity index is 0.00000323. The first-order valence-electron chi connectivity index (χ1n) is 13.9. The van der Waals surface area contributed by atoms with E-state index in [4.69, 9.17) is 16.3 Å². The van der Waals surface area contributed by atoms with Crippen LogP contribution in [-0.4, -0.2) is 30.6 Å². The van der Waals surface area contributed by atoms with E-state index in [1.165, 1.54) is 6.07 Å². The zero-order chi connectivity index (χ0) is 29.2.